The van der Waals surface area contributed by atoms with Gasteiger partial charge in [-0.2, -0.15) is 0 Å². The van der Waals surface area contributed by atoms with Crippen LogP contribution in [0, 0.1) is 0 Å². The van der Waals surface area contributed by atoms with Gasteiger partial charge in [-0.25, -0.2) is 4.79 Å². The second-order valence-electron chi connectivity index (χ2n) is 3.78. The van der Waals surface area contributed by atoms with Crippen LogP contribution in [-0.2, 0) is 11.3 Å². The number of hydrogen-bond acceptors (Lipinski definition) is 5. The number of carbonyl (C=O) groups excluding carboxylic acids is 1. The highest BCUT2D eigenvalue weighted by atomic mass is 16.5. The van der Waals surface area contributed by atoms with E-state index in [4.69, 9.17) is 9.15 Å². The van der Waals surface area contributed by atoms with E-state index in [2.05, 4.69) is 10.2 Å². The van der Waals surface area contributed by atoms with E-state index in [-0.39, 0.29) is 5.97 Å². The topological polar surface area (TPSA) is 54.7 Å². The molecule has 1 N–H and O–H groups in total. The van der Waals surface area contributed by atoms with E-state index >= 15 is 0 Å². The number of furan rings is 1. The summed E-state index contributed by atoms with van der Waals surface area (Å²) in [4.78, 5) is 13.7. The van der Waals surface area contributed by atoms with Crippen LogP contribution in [0.25, 0.3) is 0 Å². The summed E-state index contributed by atoms with van der Waals surface area (Å²) in [6.45, 7) is 4.57. The number of carbonyl (C=O) groups is 1. The molecule has 0 spiro atoms. The van der Waals surface area contributed by atoms with Crippen molar-refractivity contribution in [2.45, 2.75) is 6.54 Å². The van der Waals surface area contributed by atoms with Crippen LogP contribution < -0.4 is 5.32 Å². The molecule has 0 aliphatic carbocycles. The molecule has 5 nitrogen and oxygen atoms in total. The molecule has 1 aromatic heterocycles. The Bertz CT molecular complexity index is 356. The fraction of sp³-hybridized carbons (Fsp3) is 0.545. The Labute approximate surface area is 94.4 Å². The molecule has 0 atom stereocenters. The van der Waals surface area contributed by atoms with Gasteiger partial charge in [0.1, 0.15) is 11.3 Å². The summed E-state index contributed by atoms with van der Waals surface area (Å²) in [5.41, 5.74) is 0.529. The van der Waals surface area contributed by atoms with Crippen LogP contribution in [0.1, 0.15) is 16.1 Å². The van der Waals surface area contributed by atoms with Gasteiger partial charge in [0.05, 0.1) is 19.9 Å². The number of ether oxygens (including phenoxy) is 1. The van der Waals surface area contributed by atoms with Gasteiger partial charge in [-0.1, -0.05) is 0 Å². The average molecular weight is 224 g/mol. The number of nitrogens with one attached hydrogen (secondary N) is 1. The van der Waals surface area contributed by atoms with Crippen molar-refractivity contribution < 1.29 is 13.9 Å². The standard InChI is InChI=1S/C11H16N2O3/c1-15-11(14)9-2-7-16-10(9)8-13-5-3-12-4-6-13/h2,7,12H,3-6,8H2,1H3. The van der Waals surface area contributed by atoms with Gasteiger partial charge >= 0.3 is 5.97 Å². The predicted octanol–water partition coefficient (Wildman–Crippen LogP) is 0.471. The van der Waals surface area contributed by atoms with E-state index in [0.717, 1.165) is 26.2 Å². The van der Waals surface area contributed by atoms with E-state index in [1.807, 2.05) is 0 Å². The van der Waals surface area contributed by atoms with Crippen molar-refractivity contribution in [1.29, 1.82) is 0 Å². The molecule has 0 amide bonds. The second-order valence-corrected chi connectivity index (χ2v) is 3.78. The monoisotopic (exact) mass is 224 g/mol. The molecule has 0 radical (unpaired) electrons. The molecule has 1 aromatic rings. The van der Waals surface area contributed by atoms with Crippen molar-refractivity contribution in [3.63, 3.8) is 0 Å². The van der Waals surface area contributed by atoms with Gasteiger partial charge in [-0.3, -0.25) is 4.90 Å². The van der Waals surface area contributed by atoms with Crippen LogP contribution in [0.5, 0.6) is 0 Å². The molecular weight excluding hydrogens is 208 g/mol. The molecule has 0 aromatic carbocycles. The van der Waals surface area contributed by atoms with Crippen molar-refractivity contribution in [3.8, 4) is 0 Å². The minimum atomic E-state index is -0.334. The Kier molecular flexibility index (Phi) is 3.58. The minimum absolute atomic E-state index is 0.334. The Hall–Kier alpha value is -1.33. The summed E-state index contributed by atoms with van der Waals surface area (Å²) in [6.07, 6.45) is 1.53. The lowest BCUT2D eigenvalue weighted by molar-refractivity contribution is 0.0596. The quantitative estimate of drug-likeness (QED) is 0.756. The molecule has 16 heavy (non-hydrogen) atoms. The van der Waals surface area contributed by atoms with Crippen molar-refractivity contribution in [1.82, 2.24) is 10.2 Å². The zero-order valence-corrected chi connectivity index (χ0v) is 9.36. The Morgan fingerprint density at radius 2 is 2.31 bits per heavy atom. The lowest BCUT2D eigenvalue weighted by Crippen LogP contribution is -2.43. The molecule has 88 valence electrons. The highest BCUT2D eigenvalue weighted by molar-refractivity contribution is 5.90. The zero-order chi connectivity index (χ0) is 11.4. The first kappa shape index (κ1) is 11.2. The number of piperazine rings is 1. The summed E-state index contributed by atoms with van der Waals surface area (Å²) in [5.74, 6) is 0.354. The molecule has 0 unspecified atom stereocenters. The van der Waals surface area contributed by atoms with Gasteiger partial charge in [0.2, 0.25) is 0 Å². The normalized spacial score (nSPS) is 17.3. The largest absolute Gasteiger partial charge is 0.467 e. The number of nitrogens with zero attached hydrogens (tertiary/aromatic N) is 1. The number of esters is 1. The van der Waals surface area contributed by atoms with Gasteiger partial charge in [-0.15, -0.1) is 0 Å². The summed E-state index contributed by atoms with van der Waals surface area (Å²) in [7, 11) is 1.38. The van der Waals surface area contributed by atoms with Crippen LogP contribution >= 0.6 is 0 Å². The Balaban J connectivity index is 2.03. The lowest BCUT2D eigenvalue weighted by atomic mass is 10.2. The van der Waals surface area contributed by atoms with Crippen LogP contribution in [0.4, 0.5) is 0 Å². The lowest BCUT2D eigenvalue weighted by Gasteiger charge is -2.26. The van der Waals surface area contributed by atoms with Crippen molar-refractivity contribution in [2.75, 3.05) is 33.3 Å². The third-order valence-electron chi connectivity index (χ3n) is 2.73. The summed E-state index contributed by atoms with van der Waals surface area (Å²) in [6, 6.07) is 1.66. The highest BCUT2D eigenvalue weighted by Gasteiger charge is 2.18. The SMILES string of the molecule is COC(=O)c1ccoc1CN1CCNCC1. The maximum Gasteiger partial charge on any atom is 0.341 e. The molecule has 2 rings (SSSR count). The van der Waals surface area contributed by atoms with E-state index in [9.17, 15) is 4.79 Å². The van der Waals surface area contributed by atoms with Crippen LogP contribution in [0.3, 0.4) is 0 Å². The van der Waals surface area contributed by atoms with Gasteiger partial charge in [-0.05, 0) is 6.07 Å². The fourth-order valence-electron chi connectivity index (χ4n) is 1.83. The summed E-state index contributed by atoms with van der Waals surface area (Å²) in [5, 5.41) is 3.28. The summed E-state index contributed by atoms with van der Waals surface area (Å²) < 4.78 is 10.0. The predicted molar refractivity (Wildman–Crippen MR) is 58.2 cm³/mol. The number of methoxy groups -OCH3 is 1. The smallest absolute Gasteiger partial charge is 0.341 e. The minimum Gasteiger partial charge on any atom is -0.467 e. The maximum atomic E-state index is 11.4. The first-order valence-electron chi connectivity index (χ1n) is 5.39. The molecule has 2 heterocycles. The molecule has 1 aliphatic rings. The molecule has 0 saturated carbocycles. The van der Waals surface area contributed by atoms with Crippen molar-refractivity contribution >= 4 is 5.97 Å². The third kappa shape index (κ3) is 2.43. The fourth-order valence-corrected chi connectivity index (χ4v) is 1.83. The Morgan fingerprint density at radius 3 is 3.00 bits per heavy atom. The third-order valence-corrected chi connectivity index (χ3v) is 2.73. The maximum absolute atomic E-state index is 11.4. The molecular formula is C11H16N2O3. The zero-order valence-electron chi connectivity index (χ0n) is 9.36. The molecule has 1 aliphatic heterocycles. The molecule has 1 saturated heterocycles. The Morgan fingerprint density at radius 1 is 1.56 bits per heavy atom. The van der Waals surface area contributed by atoms with Gasteiger partial charge in [0.25, 0.3) is 0 Å². The van der Waals surface area contributed by atoms with Crippen LogP contribution in [0.2, 0.25) is 0 Å². The molecule has 0 bridgehead atoms. The summed E-state index contributed by atoms with van der Waals surface area (Å²) >= 11 is 0. The molecule has 5 heteroatoms. The van der Waals surface area contributed by atoms with Gasteiger partial charge in [0.15, 0.2) is 0 Å². The van der Waals surface area contributed by atoms with E-state index < -0.39 is 0 Å². The first-order chi connectivity index (χ1) is 7.81. The van der Waals surface area contributed by atoms with Crippen molar-refractivity contribution in [3.05, 3.63) is 23.7 Å². The molecule has 1 fully saturated rings. The number of hydrogen-bond donors (Lipinski definition) is 1. The van der Waals surface area contributed by atoms with Crippen LogP contribution in [-0.4, -0.2) is 44.2 Å². The second kappa shape index (κ2) is 5.14. The van der Waals surface area contributed by atoms with Crippen molar-refractivity contribution in [2.24, 2.45) is 0 Å². The van der Waals surface area contributed by atoms with Crippen LogP contribution in [0.15, 0.2) is 16.7 Å². The first-order valence-corrected chi connectivity index (χ1v) is 5.39. The van der Waals surface area contributed by atoms with E-state index in [1.54, 1.807) is 6.07 Å². The number of rotatable bonds is 3. The van der Waals surface area contributed by atoms with E-state index in [0.29, 0.717) is 17.9 Å². The van der Waals surface area contributed by atoms with Gasteiger partial charge < -0.3 is 14.5 Å². The highest BCUT2D eigenvalue weighted by Crippen LogP contribution is 2.14. The van der Waals surface area contributed by atoms with E-state index in [1.165, 1.54) is 13.4 Å². The van der Waals surface area contributed by atoms with Gasteiger partial charge in [0, 0.05) is 26.2 Å². The average Bonchev–Trinajstić information content (AvgIpc) is 2.77.